The Kier molecular flexibility index (Phi) is 2.27. The van der Waals surface area contributed by atoms with E-state index in [1.807, 2.05) is 18.2 Å². The molecule has 1 aliphatic rings. The molecule has 13 heavy (non-hydrogen) atoms. The van der Waals surface area contributed by atoms with Gasteiger partial charge >= 0.3 is 6.09 Å². The third-order valence-electron chi connectivity index (χ3n) is 2.15. The lowest BCUT2D eigenvalue weighted by molar-refractivity contribution is -0.579. The quantitative estimate of drug-likeness (QED) is 0.708. The van der Waals surface area contributed by atoms with Crippen LogP contribution in [-0.4, -0.2) is 18.7 Å². The van der Waals surface area contributed by atoms with Crippen molar-refractivity contribution in [3.8, 4) is 0 Å². The number of primary amides is 1. The molecule has 2 N–H and O–H groups in total. The van der Waals surface area contributed by atoms with Crippen molar-refractivity contribution in [2.45, 2.75) is 12.5 Å². The first-order valence-corrected chi connectivity index (χ1v) is 4.40. The minimum absolute atomic E-state index is 0.180. The molecule has 1 saturated heterocycles. The molecule has 2 rings (SSSR count). The highest BCUT2D eigenvalue weighted by Crippen LogP contribution is 2.03. The Bertz CT molecular complexity index is 297. The molecular weight excluding hydrogens is 166 g/mol. The summed E-state index contributed by atoms with van der Waals surface area (Å²) in [6.07, 6.45) is 0.716. The van der Waals surface area contributed by atoms with Crippen LogP contribution in [0, 0.1) is 0 Å². The molecule has 0 aliphatic carbocycles. The van der Waals surface area contributed by atoms with Crippen LogP contribution in [0.3, 0.4) is 0 Å². The molecule has 1 heterocycles. The molecule has 0 saturated carbocycles. The second-order valence-electron chi connectivity index (χ2n) is 3.25. The van der Waals surface area contributed by atoms with Crippen molar-refractivity contribution in [2.75, 3.05) is 6.61 Å². The zero-order chi connectivity index (χ0) is 9.10. The molecule has 0 aromatic heterocycles. The molecule has 1 aromatic rings. The summed E-state index contributed by atoms with van der Waals surface area (Å²) in [5, 5.41) is 1.66. The van der Waals surface area contributed by atoms with Gasteiger partial charge in [-0.05, 0) is 5.56 Å². The molecule has 1 aliphatic heterocycles. The first kappa shape index (κ1) is 8.26. The maximum absolute atomic E-state index is 10.8. The minimum atomic E-state index is -0.180. The third-order valence-corrected chi connectivity index (χ3v) is 2.15. The summed E-state index contributed by atoms with van der Waals surface area (Å²) in [6.45, 7) is 0.535. The van der Waals surface area contributed by atoms with E-state index in [9.17, 15) is 4.79 Å². The van der Waals surface area contributed by atoms with Crippen molar-refractivity contribution in [3.05, 3.63) is 35.9 Å². The highest BCUT2D eigenvalue weighted by molar-refractivity contribution is 5.57. The predicted molar refractivity (Wildman–Crippen MR) is 47.2 cm³/mol. The van der Waals surface area contributed by atoms with Crippen LogP contribution in [0.2, 0.25) is 0 Å². The van der Waals surface area contributed by atoms with Crippen LogP contribution in [0.4, 0.5) is 4.79 Å². The second-order valence-corrected chi connectivity index (χ2v) is 3.25. The SMILES string of the molecule is O=C1[NH2+]C(Cc2ccccc2)CO1. The standard InChI is InChI=1S/C10H11NO2/c12-10-11-9(7-13-10)6-8-4-2-1-3-5-8/h1-5,9H,6-7H2,(H,11,12)/p+1. The second kappa shape index (κ2) is 3.58. The van der Waals surface area contributed by atoms with Crippen molar-refractivity contribution in [1.29, 1.82) is 0 Å². The molecule has 3 heteroatoms. The largest absolute Gasteiger partial charge is 0.513 e. The third kappa shape index (κ3) is 2.06. The normalized spacial score (nSPS) is 21.5. The zero-order valence-electron chi connectivity index (χ0n) is 7.27. The molecule has 0 radical (unpaired) electrons. The lowest BCUT2D eigenvalue weighted by Crippen LogP contribution is -2.90. The van der Waals surface area contributed by atoms with E-state index in [1.165, 1.54) is 5.56 Å². The minimum Gasteiger partial charge on any atom is -0.414 e. The summed E-state index contributed by atoms with van der Waals surface area (Å²) in [5.41, 5.74) is 1.25. The zero-order valence-corrected chi connectivity index (χ0v) is 7.27. The molecule has 1 fully saturated rings. The van der Waals surface area contributed by atoms with E-state index in [1.54, 1.807) is 5.32 Å². The summed E-state index contributed by atoms with van der Waals surface area (Å²) in [5.74, 6) is 0. The maximum Gasteiger partial charge on any atom is 0.513 e. The van der Waals surface area contributed by atoms with E-state index < -0.39 is 0 Å². The summed E-state index contributed by atoms with van der Waals surface area (Å²) in [6, 6.07) is 10.4. The molecule has 1 aromatic carbocycles. The van der Waals surface area contributed by atoms with Gasteiger partial charge in [-0.3, -0.25) is 0 Å². The van der Waals surface area contributed by atoms with Crippen molar-refractivity contribution >= 4 is 6.09 Å². The van der Waals surface area contributed by atoms with Crippen LogP contribution < -0.4 is 5.32 Å². The summed E-state index contributed by atoms with van der Waals surface area (Å²) >= 11 is 0. The Labute approximate surface area is 76.7 Å². The number of carbonyl (C=O) groups is 1. The smallest absolute Gasteiger partial charge is 0.414 e. The molecule has 0 spiro atoms. The van der Waals surface area contributed by atoms with Gasteiger partial charge < -0.3 is 4.74 Å². The van der Waals surface area contributed by atoms with E-state index >= 15 is 0 Å². The van der Waals surface area contributed by atoms with Gasteiger partial charge in [-0.15, -0.1) is 0 Å². The van der Waals surface area contributed by atoms with Crippen LogP contribution in [-0.2, 0) is 11.2 Å². The molecule has 1 atom stereocenters. The highest BCUT2D eigenvalue weighted by Gasteiger charge is 2.27. The fourth-order valence-electron chi connectivity index (χ4n) is 1.51. The molecule has 68 valence electrons. The fourth-order valence-corrected chi connectivity index (χ4v) is 1.51. The van der Waals surface area contributed by atoms with E-state index in [0.29, 0.717) is 6.61 Å². The number of benzene rings is 1. The maximum atomic E-state index is 10.8. The molecular formula is C10H12NO2+. The number of rotatable bonds is 2. The lowest BCUT2D eigenvalue weighted by Gasteiger charge is -2.02. The molecule has 1 unspecified atom stereocenters. The van der Waals surface area contributed by atoms with Crippen LogP contribution in [0.25, 0.3) is 0 Å². The first-order valence-electron chi connectivity index (χ1n) is 4.40. The number of hydrogen-bond acceptors (Lipinski definition) is 2. The highest BCUT2D eigenvalue weighted by atomic mass is 16.6. The number of quaternary nitrogens is 1. The van der Waals surface area contributed by atoms with Gasteiger partial charge in [0, 0.05) is 6.42 Å². The number of ether oxygens (including phenoxy) is 1. The van der Waals surface area contributed by atoms with Gasteiger partial charge in [0.25, 0.3) is 0 Å². The summed E-state index contributed by atoms with van der Waals surface area (Å²) in [7, 11) is 0. The summed E-state index contributed by atoms with van der Waals surface area (Å²) < 4.78 is 4.84. The Morgan fingerprint density at radius 2 is 2.15 bits per heavy atom. The van der Waals surface area contributed by atoms with Crippen molar-refractivity contribution in [3.63, 3.8) is 0 Å². The van der Waals surface area contributed by atoms with Gasteiger partial charge in [0.05, 0.1) is 0 Å². The number of cyclic esters (lactones) is 1. The number of hydrogen-bond donors (Lipinski definition) is 1. The lowest BCUT2D eigenvalue weighted by atomic mass is 10.1. The number of amides is 1. The average molecular weight is 178 g/mol. The number of carbonyl (C=O) groups excluding carboxylic acids is 1. The van der Waals surface area contributed by atoms with Crippen molar-refractivity contribution < 1.29 is 14.8 Å². The van der Waals surface area contributed by atoms with E-state index in [2.05, 4.69) is 12.1 Å². The van der Waals surface area contributed by atoms with E-state index in [0.717, 1.165) is 6.42 Å². The fraction of sp³-hybridized carbons (Fsp3) is 0.300. The molecule has 0 bridgehead atoms. The Morgan fingerprint density at radius 1 is 1.38 bits per heavy atom. The molecule has 3 nitrogen and oxygen atoms in total. The van der Waals surface area contributed by atoms with Crippen LogP contribution in [0.5, 0.6) is 0 Å². The van der Waals surface area contributed by atoms with Gasteiger partial charge in [0.1, 0.15) is 12.6 Å². The van der Waals surface area contributed by atoms with E-state index in [4.69, 9.17) is 4.74 Å². The van der Waals surface area contributed by atoms with Crippen LogP contribution in [0.1, 0.15) is 5.56 Å². The predicted octanol–water partition coefficient (Wildman–Crippen LogP) is 0.311. The van der Waals surface area contributed by atoms with Gasteiger partial charge in [0.2, 0.25) is 0 Å². The van der Waals surface area contributed by atoms with Crippen LogP contribution in [0.15, 0.2) is 30.3 Å². The van der Waals surface area contributed by atoms with Gasteiger partial charge in [0.15, 0.2) is 0 Å². The Morgan fingerprint density at radius 3 is 2.77 bits per heavy atom. The van der Waals surface area contributed by atoms with Gasteiger partial charge in [-0.25, -0.2) is 5.32 Å². The van der Waals surface area contributed by atoms with Crippen molar-refractivity contribution in [2.24, 2.45) is 0 Å². The van der Waals surface area contributed by atoms with Gasteiger partial charge in [-0.2, -0.15) is 4.79 Å². The Hall–Kier alpha value is -1.35. The van der Waals surface area contributed by atoms with Gasteiger partial charge in [-0.1, -0.05) is 30.3 Å². The average Bonchev–Trinajstić information content (AvgIpc) is 2.53. The first-order chi connectivity index (χ1) is 6.34. The summed E-state index contributed by atoms with van der Waals surface area (Å²) in [4.78, 5) is 10.8. The topological polar surface area (TPSA) is 42.9 Å². The van der Waals surface area contributed by atoms with E-state index in [-0.39, 0.29) is 12.1 Å². The van der Waals surface area contributed by atoms with Crippen LogP contribution >= 0.6 is 0 Å². The Balaban J connectivity index is 1.96. The number of nitrogens with two attached hydrogens (primary N) is 1. The van der Waals surface area contributed by atoms with Crippen molar-refractivity contribution in [1.82, 2.24) is 0 Å². The molecule has 1 amide bonds. The monoisotopic (exact) mass is 178 g/mol.